The third-order valence-electron chi connectivity index (χ3n) is 2.98. The fourth-order valence-electron chi connectivity index (χ4n) is 1.91. The lowest BCUT2D eigenvalue weighted by molar-refractivity contribution is -0.135. The topological polar surface area (TPSA) is 74.7 Å². The number of carboxylic acid groups (broad SMARTS) is 1. The molecule has 2 aromatic carbocycles. The van der Waals surface area contributed by atoms with Crippen LogP contribution in [-0.2, 0) is 14.8 Å². The van der Waals surface area contributed by atoms with Gasteiger partial charge in [0.15, 0.2) is 0 Å². The molecular weight excluding hydrogens is 370 g/mol. The minimum Gasteiger partial charge on any atom is -0.480 e. The summed E-state index contributed by atoms with van der Waals surface area (Å²) < 4.78 is 27.0. The van der Waals surface area contributed by atoms with Gasteiger partial charge in [-0.15, -0.1) is 0 Å². The molecule has 0 atom stereocenters. The smallest absolute Gasteiger partial charge is 0.324 e. The van der Waals surface area contributed by atoms with E-state index in [0.717, 1.165) is 9.87 Å². The van der Waals surface area contributed by atoms with E-state index in [1.54, 1.807) is 36.4 Å². The third kappa shape index (κ3) is 3.66. The molecule has 7 heteroatoms. The third-order valence-corrected chi connectivity index (χ3v) is 5.27. The van der Waals surface area contributed by atoms with Crippen molar-refractivity contribution in [2.75, 3.05) is 10.8 Å². The summed E-state index contributed by atoms with van der Waals surface area (Å²) in [5.74, 6) is -1.23. The first-order valence-corrected chi connectivity index (χ1v) is 8.61. The van der Waals surface area contributed by atoms with Gasteiger partial charge in [0.05, 0.1) is 10.6 Å². The van der Waals surface area contributed by atoms with Crippen LogP contribution in [-0.4, -0.2) is 26.0 Å². The number of sulfonamides is 1. The van der Waals surface area contributed by atoms with Crippen LogP contribution in [0.25, 0.3) is 0 Å². The van der Waals surface area contributed by atoms with Crippen molar-refractivity contribution in [3.63, 3.8) is 0 Å². The average molecular weight is 384 g/mol. The van der Waals surface area contributed by atoms with Gasteiger partial charge >= 0.3 is 5.97 Å². The zero-order chi connectivity index (χ0) is 16.3. The van der Waals surface area contributed by atoms with E-state index in [1.807, 2.05) is 6.92 Å². The van der Waals surface area contributed by atoms with Gasteiger partial charge in [0.2, 0.25) is 0 Å². The highest BCUT2D eigenvalue weighted by Gasteiger charge is 2.27. The first-order chi connectivity index (χ1) is 10.3. The van der Waals surface area contributed by atoms with Crippen molar-refractivity contribution in [3.05, 3.63) is 58.6 Å². The number of hydrogen-bond acceptors (Lipinski definition) is 3. The molecule has 22 heavy (non-hydrogen) atoms. The summed E-state index contributed by atoms with van der Waals surface area (Å²) >= 11 is 3.26. The minimum atomic E-state index is -3.95. The van der Waals surface area contributed by atoms with Crippen LogP contribution in [0.15, 0.2) is 57.9 Å². The van der Waals surface area contributed by atoms with Gasteiger partial charge in [-0.05, 0) is 37.3 Å². The molecule has 0 amide bonds. The van der Waals surface area contributed by atoms with Gasteiger partial charge in [-0.3, -0.25) is 9.10 Å². The van der Waals surface area contributed by atoms with Crippen molar-refractivity contribution in [2.45, 2.75) is 11.8 Å². The first-order valence-electron chi connectivity index (χ1n) is 6.37. The second-order valence-electron chi connectivity index (χ2n) is 4.70. The predicted molar refractivity (Wildman–Crippen MR) is 87.5 cm³/mol. The number of aliphatic carboxylic acids is 1. The van der Waals surface area contributed by atoms with Crippen molar-refractivity contribution >= 4 is 37.6 Å². The summed E-state index contributed by atoms with van der Waals surface area (Å²) in [4.78, 5) is 11.1. The summed E-state index contributed by atoms with van der Waals surface area (Å²) in [6, 6.07) is 12.8. The molecule has 0 fully saturated rings. The maximum atomic E-state index is 12.7. The lowest BCUT2D eigenvalue weighted by Gasteiger charge is -2.23. The van der Waals surface area contributed by atoms with Crippen molar-refractivity contribution in [1.29, 1.82) is 0 Å². The number of carboxylic acids is 1. The van der Waals surface area contributed by atoms with E-state index in [9.17, 15) is 13.2 Å². The molecular formula is C15H14BrNO4S. The molecule has 116 valence electrons. The Kier molecular flexibility index (Phi) is 4.87. The molecule has 5 nitrogen and oxygen atoms in total. The number of nitrogens with zero attached hydrogens (tertiary/aromatic N) is 1. The van der Waals surface area contributed by atoms with Gasteiger partial charge in [-0.1, -0.05) is 39.7 Å². The van der Waals surface area contributed by atoms with Crippen LogP contribution in [0, 0.1) is 6.92 Å². The van der Waals surface area contributed by atoms with Crippen LogP contribution in [0.3, 0.4) is 0 Å². The lowest BCUT2D eigenvalue weighted by atomic mass is 10.2. The summed E-state index contributed by atoms with van der Waals surface area (Å²) in [6.07, 6.45) is 0. The molecule has 0 radical (unpaired) electrons. The maximum Gasteiger partial charge on any atom is 0.324 e. The van der Waals surface area contributed by atoms with Gasteiger partial charge in [-0.25, -0.2) is 8.42 Å². The van der Waals surface area contributed by atoms with Crippen LogP contribution in [0.5, 0.6) is 0 Å². The quantitative estimate of drug-likeness (QED) is 0.860. The summed E-state index contributed by atoms with van der Waals surface area (Å²) in [7, 11) is -3.95. The highest BCUT2D eigenvalue weighted by molar-refractivity contribution is 9.10. The number of rotatable bonds is 5. The Morgan fingerprint density at radius 1 is 1.18 bits per heavy atom. The number of anilines is 1. The Morgan fingerprint density at radius 2 is 1.82 bits per heavy atom. The van der Waals surface area contributed by atoms with Crippen molar-refractivity contribution in [2.24, 2.45) is 0 Å². The van der Waals surface area contributed by atoms with Crippen molar-refractivity contribution < 1.29 is 18.3 Å². The number of carbonyl (C=O) groups is 1. The number of hydrogen-bond donors (Lipinski definition) is 1. The van der Waals surface area contributed by atoms with E-state index < -0.39 is 22.5 Å². The molecule has 0 spiro atoms. The number of aryl methyl sites for hydroxylation is 1. The van der Waals surface area contributed by atoms with Crippen LogP contribution in [0.1, 0.15) is 5.56 Å². The van der Waals surface area contributed by atoms with Crippen molar-refractivity contribution in [1.82, 2.24) is 0 Å². The van der Waals surface area contributed by atoms with E-state index in [-0.39, 0.29) is 10.6 Å². The number of halogens is 1. The standard InChI is InChI=1S/C15H14BrNO4S/c1-11-5-7-14(8-6-11)22(20,21)17(10-15(18)19)13-4-2-3-12(16)9-13/h2-9H,10H2,1H3,(H,18,19). The van der Waals surface area contributed by atoms with E-state index >= 15 is 0 Å². The van der Waals surface area contributed by atoms with E-state index in [1.165, 1.54) is 12.1 Å². The molecule has 0 saturated heterocycles. The molecule has 0 aliphatic rings. The molecule has 2 aromatic rings. The Morgan fingerprint density at radius 3 is 2.36 bits per heavy atom. The van der Waals surface area contributed by atoms with E-state index in [2.05, 4.69) is 15.9 Å². The Bertz CT molecular complexity index is 787. The fourth-order valence-corrected chi connectivity index (χ4v) is 3.70. The summed E-state index contributed by atoms with van der Waals surface area (Å²) in [6.45, 7) is 1.20. The Balaban J connectivity index is 2.53. The Labute approximate surface area is 137 Å². The maximum absolute atomic E-state index is 12.7. The van der Waals surface area contributed by atoms with E-state index in [0.29, 0.717) is 4.47 Å². The SMILES string of the molecule is Cc1ccc(S(=O)(=O)N(CC(=O)O)c2cccc(Br)c2)cc1. The van der Waals surface area contributed by atoms with Crippen molar-refractivity contribution in [3.8, 4) is 0 Å². The fraction of sp³-hybridized carbons (Fsp3) is 0.133. The molecule has 0 aromatic heterocycles. The van der Waals surface area contributed by atoms with Gasteiger partial charge in [0.1, 0.15) is 6.54 Å². The van der Waals surface area contributed by atoms with Gasteiger partial charge in [0.25, 0.3) is 10.0 Å². The van der Waals surface area contributed by atoms with Crippen LogP contribution >= 0.6 is 15.9 Å². The number of benzene rings is 2. The monoisotopic (exact) mass is 383 g/mol. The summed E-state index contributed by atoms with van der Waals surface area (Å²) in [5.41, 5.74) is 1.21. The van der Waals surface area contributed by atoms with Crippen LogP contribution in [0.2, 0.25) is 0 Å². The van der Waals surface area contributed by atoms with Crippen LogP contribution in [0.4, 0.5) is 5.69 Å². The zero-order valence-corrected chi connectivity index (χ0v) is 14.1. The van der Waals surface area contributed by atoms with Gasteiger partial charge in [0, 0.05) is 4.47 Å². The van der Waals surface area contributed by atoms with Gasteiger partial charge < -0.3 is 5.11 Å². The molecule has 0 aliphatic carbocycles. The average Bonchev–Trinajstić information content (AvgIpc) is 2.45. The molecule has 1 N–H and O–H groups in total. The first kappa shape index (κ1) is 16.5. The highest BCUT2D eigenvalue weighted by atomic mass is 79.9. The van der Waals surface area contributed by atoms with E-state index in [4.69, 9.17) is 5.11 Å². The molecule has 0 heterocycles. The van der Waals surface area contributed by atoms with Crippen LogP contribution < -0.4 is 4.31 Å². The molecule has 0 aliphatic heterocycles. The second-order valence-corrected chi connectivity index (χ2v) is 7.48. The largest absolute Gasteiger partial charge is 0.480 e. The Hall–Kier alpha value is -1.86. The lowest BCUT2D eigenvalue weighted by Crippen LogP contribution is -2.35. The zero-order valence-electron chi connectivity index (χ0n) is 11.7. The molecule has 0 saturated carbocycles. The van der Waals surface area contributed by atoms with Gasteiger partial charge in [-0.2, -0.15) is 0 Å². The second kappa shape index (κ2) is 6.50. The summed E-state index contributed by atoms with van der Waals surface area (Å²) in [5, 5.41) is 9.05. The molecule has 2 rings (SSSR count). The molecule has 0 unspecified atom stereocenters. The minimum absolute atomic E-state index is 0.0549. The highest BCUT2D eigenvalue weighted by Crippen LogP contribution is 2.26. The molecule has 0 bridgehead atoms. The predicted octanol–water partition coefficient (Wildman–Crippen LogP) is 3.04. The normalized spacial score (nSPS) is 11.2.